The highest BCUT2D eigenvalue weighted by Gasteiger charge is 2.07. The molecule has 0 aliphatic carbocycles. The van der Waals surface area contributed by atoms with Crippen molar-refractivity contribution in [3.05, 3.63) is 0 Å². The van der Waals surface area contributed by atoms with Crippen LogP contribution >= 0.6 is 0 Å². The van der Waals surface area contributed by atoms with Gasteiger partial charge in [0.25, 0.3) is 0 Å². The fourth-order valence-electron chi connectivity index (χ4n) is 0.555. The quantitative estimate of drug-likeness (QED) is 0.346. The fourth-order valence-corrected chi connectivity index (χ4v) is 0.555. The van der Waals surface area contributed by atoms with Crippen LogP contribution in [0.3, 0.4) is 0 Å². The van der Waals surface area contributed by atoms with E-state index < -0.39 is 0 Å². The molecular weight excluding hydrogens is 114 g/mol. The molecule has 0 aromatic heterocycles. The molecule has 2 nitrogen and oxygen atoms in total. The number of oxime groups is 1. The molecule has 0 fully saturated rings. The summed E-state index contributed by atoms with van der Waals surface area (Å²) < 4.78 is 0. The maximum atomic E-state index is 8.03. The van der Waals surface area contributed by atoms with Gasteiger partial charge in [0.15, 0.2) is 0 Å². The maximum absolute atomic E-state index is 8.03. The van der Waals surface area contributed by atoms with E-state index in [1.54, 1.807) is 0 Å². The molecule has 54 valence electrons. The van der Waals surface area contributed by atoms with Crippen molar-refractivity contribution < 1.29 is 5.21 Å². The summed E-state index contributed by atoms with van der Waals surface area (Å²) in [6.45, 7) is 6.49. The molecule has 0 saturated carbocycles. The lowest BCUT2D eigenvalue weighted by Crippen LogP contribution is -2.04. The van der Waals surface area contributed by atoms with Crippen molar-refractivity contribution in [2.45, 2.75) is 33.6 Å². The molecule has 0 saturated heterocycles. The Labute approximate surface area is 56.6 Å². The van der Waals surface area contributed by atoms with E-state index in [0.29, 0.717) is 5.41 Å². The minimum atomic E-state index is 0.348. The van der Waals surface area contributed by atoms with Gasteiger partial charge in [-0.05, 0) is 18.3 Å². The highest BCUT2D eigenvalue weighted by atomic mass is 16.4. The van der Waals surface area contributed by atoms with Gasteiger partial charge >= 0.3 is 0 Å². The maximum Gasteiger partial charge on any atom is 0.0436 e. The number of hydrogen-bond donors (Lipinski definition) is 1. The van der Waals surface area contributed by atoms with Crippen LogP contribution in [-0.4, -0.2) is 11.4 Å². The molecule has 0 aliphatic rings. The van der Waals surface area contributed by atoms with E-state index in [2.05, 4.69) is 25.9 Å². The Morgan fingerprint density at radius 3 is 2.33 bits per heavy atom. The Hall–Kier alpha value is -0.530. The van der Waals surface area contributed by atoms with Gasteiger partial charge in [0.1, 0.15) is 0 Å². The minimum Gasteiger partial charge on any atom is -0.411 e. The molecule has 0 rings (SSSR count). The van der Waals surface area contributed by atoms with Gasteiger partial charge in [-0.2, -0.15) is 0 Å². The van der Waals surface area contributed by atoms with Crippen molar-refractivity contribution in [3.63, 3.8) is 0 Å². The molecule has 0 unspecified atom stereocenters. The first-order valence-electron chi connectivity index (χ1n) is 3.22. The molecule has 0 aliphatic heterocycles. The SMILES string of the molecule is CC(C)(C)CCC=NO. The molecule has 0 heterocycles. The zero-order chi connectivity index (χ0) is 7.33. The fraction of sp³-hybridized carbons (Fsp3) is 0.857. The van der Waals surface area contributed by atoms with Gasteiger partial charge in [0, 0.05) is 6.21 Å². The van der Waals surface area contributed by atoms with E-state index in [1.807, 2.05) is 0 Å². The zero-order valence-electron chi connectivity index (χ0n) is 6.39. The largest absolute Gasteiger partial charge is 0.411 e. The third-order valence-corrected chi connectivity index (χ3v) is 1.11. The van der Waals surface area contributed by atoms with Crippen LogP contribution < -0.4 is 0 Å². The lowest BCUT2D eigenvalue weighted by molar-refractivity contribution is 0.318. The second-order valence-corrected chi connectivity index (χ2v) is 3.40. The highest BCUT2D eigenvalue weighted by molar-refractivity contribution is 5.55. The van der Waals surface area contributed by atoms with Gasteiger partial charge in [0.05, 0.1) is 0 Å². The lowest BCUT2D eigenvalue weighted by Gasteiger charge is -2.15. The molecule has 0 amide bonds. The highest BCUT2D eigenvalue weighted by Crippen LogP contribution is 2.19. The minimum absolute atomic E-state index is 0.348. The Balaban J connectivity index is 3.28. The van der Waals surface area contributed by atoms with Crippen LogP contribution in [0.1, 0.15) is 33.6 Å². The van der Waals surface area contributed by atoms with E-state index in [-0.39, 0.29) is 0 Å². The molecule has 9 heavy (non-hydrogen) atoms. The first-order valence-corrected chi connectivity index (χ1v) is 3.22. The van der Waals surface area contributed by atoms with Gasteiger partial charge in [0.2, 0.25) is 0 Å². The normalized spacial score (nSPS) is 12.8. The second kappa shape index (κ2) is 3.49. The van der Waals surface area contributed by atoms with Crippen LogP contribution in [0.4, 0.5) is 0 Å². The van der Waals surface area contributed by atoms with Gasteiger partial charge in [-0.15, -0.1) is 5.16 Å². The Bertz CT molecular complexity index is 91.6. The summed E-state index contributed by atoms with van der Waals surface area (Å²) in [4.78, 5) is 0. The molecule has 0 aromatic carbocycles. The van der Waals surface area contributed by atoms with Crippen LogP contribution in [0.5, 0.6) is 0 Å². The van der Waals surface area contributed by atoms with Crippen LogP contribution in [0.15, 0.2) is 5.16 Å². The van der Waals surface area contributed by atoms with E-state index in [9.17, 15) is 0 Å². The van der Waals surface area contributed by atoms with E-state index in [0.717, 1.165) is 12.8 Å². The van der Waals surface area contributed by atoms with Crippen molar-refractivity contribution in [1.82, 2.24) is 0 Å². The second-order valence-electron chi connectivity index (χ2n) is 3.40. The van der Waals surface area contributed by atoms with Gasteiger partial charge in [-0.25, -0.2) is 0 Å². The van der Waals surface area contributed by atoms with Crippen LogP contribution in [0.25, 0.3) is 0 Å². The first kappa shape index (κ1) is 8.47. The summed E-state index contributed by atoms with van der Waals surface area (Å²) in [5.74, 6) is 0. The zero-order valence-corrected chi connectivity index (χ0v) is 6.39. The van der Waals surface area contributed by atoms with Crippen molar-refractivity contribution in [3.8, 4) is 0 Å². The van der Waals surface area contributed by atoms with Crippen LogP contribution in [0, 0.1) is 5.41 Å². The third kappa shape index (κ3) is 7.47. The van der Waals surface area contributed by atoms with Crippen molar-refractivity contribution >= 4 is 6.21 Å². The Morgan fingerprint density at radius 1 is 1.44 bits per heavy atom. The molecule has 0 aromatic rings. The predicted molar refractivity (Wildman–Crippen MR) is 39.0 cm³/mol. The summed E-state index contributed by atoms with van der Waals surface area (Å²) in [6, 6.07) is 0. The summed E-state index contributed by atoms with van der Waals surface area (Å²) >= 11 is 0. The standard InChI is InChI=1S/C7H15NO/c1-7(2,3)5-4-6-8-9/h6,9H,4-5H2,1-3H3. The van der Waals surface area contributed by atoms with Crippen molar-refractivity contribution in [2.24, 2.45) is 10.6 Å². The van der Waals surface area contributed by atoms with Gasteiger partial charge in [-0.3, -0.25) is 0 Å². The Kier molecular flexibility index (Phi) is 3.28. The van der Waals surface area contributed by atoms with Crippen molar-refractivity contribution in [2.75, 3.05) is 0 Å². The number of nitrogens with zero attached hydrogens (tertiary/aromatic N) is 1. The lowest BCUT2D eigenvalue weighted by atomic mass is 9.91. The molecule has 0 atom stereocenters. The summed E-state index contributed by atoms with van der Waals surface area (Å²) in [7, 11) is 0. The third-order valence-electron chi connectivity index (χ3n) is 1.11. The van der Waals surface area contributed by atoms with Crippen LogP contribution in [0.2, 0.25) is 0 Å². The molecule has 2 heteroatoms. The van der Waals surface area contributed by atoms with E-state index in [4.69, 9.17) is 5.21 Å². The number of rotatable bonds is 2. The van der Waals surface area contributed by atoms with Gasteiger partial charge < -0.3 is 5.21 Å². The molecule has 0 radical (unpaired) electrons. The Morgan fingerprint density at radius 2 is 2.00 bits per heavy atom. The molecule has 0 bridgehead atoms. The molecule has 1 N–H and O–H groups in total. The molecule has 0 spiro atoms. The number of hydrogen-bond acceptors (Lipinski definition) is 2. The summed E-state index contributed by atoms with van der Waals surface area (Å²) in [5, 5.41) is 10.9. The summed E-state index contributed by atoms with van der Waals surface area (Å²) in [5.41, 5.74) is 0.348. The van der Waals surface area contributed by atoms with Gasteiger partial charge in [-0.1, -0.05) is 20.8 Å². The smallest absolute Gasteiger partial charge is 0.0436 e. The average Bonchev–Trinajstić information content (AvgIpc) is 1.63. The summed E-state index contributed by atoms with van der Waals surface area (Å²) in [6.07, 6.45) is 3.46. The van der Waals surface area contributed by atoms with E-state index >= 15 is 0 Å². The van der Waals surface area contributed by atoms with E-state index in [1.165, 1.54) is 6.21 Å². The predicted octanol–water partition coefficient (Wildman–Crippen LogP) is 2.27. The van der Waals surface area contributed by atoms with Crippen molar-refractivity contribution in [1.29, 1.82) is 0 Å². The van der Waals surface area contributed by atoms with Crippen LogP contribution in [-0.2, 0) is 0 Å². The molecular formula is C7H15NO. The topological polar surface area (TPSA) is 32.6 Å². The first-order chi connectivity index (χ1) is 4.06. The average molecular weight is 129 g/mol. The monoisotopic (exact) mass is 129 g/mol.